The molecule has 3 aromatic heterocycles. The van der Waals surface area contributed by atoms with Gasteiger partial charge in [0.25, 0.3) is 0 Å². The summed E-state index contributed by atoms with van der Waals surface area (Å²) in [6.45, 7) is 3.00. The van der Waals surface area contributed by atoms with Gasteiger partial charge < -0.3 is 4.57 Å². The van der Waals surface area contributed by atoms with E-state index in [9.17, 15) is 0 Å². The van der Waals surface area contributed by atoms with Crippen molar-refractivity contribution in [2.75, 3.05) is 0 Å². The first-order valence-corrected chi connectivity index (χ1v) is 7.86. The van der Waals surface area contributed by atoms with Gasteiger partial charge >= 0.3 is 0 Å². The maximum absolute atomic E-state index is 4.51. The molecule has 2 atom stereocenters. The molecular weight excluding hydrogens is 282 g/mol. The minimum atomic E-state index is 0.107. The zero-order valence-electron chi connectivity index (χ0n) is 12.2. The summed E-state index contributed by atoms with van der Waals surface area (Å²) in [5.74, 6) is 1.03. The Hall–Kier alpha value is -1.92. The molecule has 0 fully saturated rings. The quantitative estimate of drug-likeness (QED) is 0.761. The first-order valence-electron chi connectivity index (χ1n) is 6.98. The first-order chi connectivity index (χ1) is 10.2. The van der Waals surface area contributed by atoms with Crippen LogP contribution in [0.3, 0.4) is 0 Å². The molecule has 6 heteroatoms. The smallest absolute Gasteiger partial charge is 0.131 e. The summed E-state index contributed by atoms with van der Waals surface area (Å²) in [4.78, 5) is 5.78. The molecule has 3 rings (SSSR count). The minimum absolute atomic E-state index is 0.107. The van der Waals surface area contributed by atoms with Crippen molar-refractivity contribution < 1.29 is 0 Å². The van der Waals surface area contributed by atoms with Gasteiger partial charge in [-0.1, -0.05) is 6.07 Å². The van der Waals surface area contributed by atoms with Crippen molar-refractivity contribution in [2.24, 2.45) is 7.05 Å². The molecule has 0 saturated carbocycles. The molecule has 110 valence electrons. The molecule has 0 spiro atoms. The number of thiophene rings is 1. The van der Waals surface area contributed by atoms with Crippen molar-refractivity contribution in [2.45, 2.75) is 25.6 Å². The summed E-state index contributed by atoms with van der Waals surface area (Å²) in [6, 6.07) is 6.57. The van der Waals surface area contributed by atoms with E-state index in [0.717, 1.165) is 12.4 Å². The zero-order chi connectivity index (χ0) is 14.7. The van der Waals surface area contributed by atoms with Crippen molar-refractivity contribution >= 4 is 11.3 Å². The molecule has 0 radical (unpaired) electrons. The molecule has 21 heavy (non-hydrogen) atoms. The van der Waals surface area contributed by atoms with Crippen LogP contribution < -0.4 is 5.32 Å². The molecule has 3 heterocycles. The Bertz CT molecular complexity index is 656. The predicted molar refractivity (Wildman–Crippen MR) is 84.2 cm³/mol. The number of hydrogen-bond acceptors (Lipinski definition) is 4. The third-order valence-electron chi connectivity index (χ3n) is 3.42. The van der Waals surface area contributed by atoms with Crippen LogP contribution in [-0.4, -0.2) is 25.4 Å². The van der Waals surface area contributed by atoms with Crippen molar-refractivity contribution in [1.29, 1.82) is 0 Å². The second kappa shape index (κ2) is 6.24. The Labute approximate surface area is 128 Å². The van der Waals surface area contributed by atoms with Crippen LogP contribution in [0.5, 0.6) is 0 Å². The summed E-state index contributed by atoms with van der Waals surface area (Å²) in [7, 11) is 2.03. The van der Waals surface area contributed by atoms with Gasteiger partial charge in [-0.25, -0.2) is 4.98 Å². The van der Waals surface area contributed by atoms with Crippen LogP contribution in [0.1, 0.15) is 23.7 Å². The van der Waals surface area contributed by atoms with E-state index in [1.165, 1.54) is 4.88 Å². The Morgan fingerprint density at radius 2 is 2.19 bits per heavy atom. The normalized spacial score (nSPS) is 14.2. The standard InChI is InChI=1S/C15H19N5S/c1-12(11-20-8-4-6-17-20)18-14(13-5-3-10-21-13)15-16-7-9-19(15)2/h3-10,12,14,18H,11H2,1-2H3. The Balaban J connectivity index is 1.78. The minimum Gasteiger partial charge on any atom is -0.336 e. The molecule has 0 aliphatic carbocycles. The molecule has 5 nitrogen and oxygen atoms in total. The molecule has 0 amide bonds. The predicted octanol–water partition coefficient (Wildman–Crippen LogP) is 2.45. The molecule has 1 N–H and O–H groups in total. The highest BCUT2D eigenvalue weighted by atomic mass is 32.1. The largest absolute Gasteiger partial charge is 0.336 e. The van der Waals surface area contributed by atoms with Gasteiger partial charge in [0, 0.05) is 42.8 Å². The van der Waals surface area contributed by atoms with E-state index < -0.39 is 0 Å². The van der Waals surface area contributed by atoms with Gasteiger partial charge in [0.15, 0.2) is 0 Å². The number of imidazole rings is 1. The van der Waals surface area contributed by atoms with Crippen LogP contribution in [0.2, 0.25) is 0 Å². The molecule has 0 aliphatic rings. The van der Waals surface area contributed by atoms with Gasteiger partial charge in [0.2, 0.25) is 0 Å². The van der Waals surface area contributed by atoms with Gasteiger partial charge in [-0.2, -0.15) is 5.10 Å². The molecule has 3 aromatic rings. The van der Waals surface area contributed by atoms with Crippen molar-refractivity contribution in [3.8, 4) is 0 Å². The van der Waals surface area contributed by atoms with Crippen molar-refractivity contribution in [1.82, 2.24) is 24.6 Å². The van der Waals surface area contributed by atoms with Gasteiger partial charge in [-0.15, -0.1) is 11.3 Å². The van der Waals surface area contributed by atoms with Gasteiger partial charge in [-0.05, 0) is 24.4 Å². The van der Waals surface area contributed by atoms with Gasteiger partial charge in [0.05, 0.1) is 6.54 Å². The van der Waals surface area contributed by atoms with Crippen LogP contribution in [0, 0.1) is 0 Å². The summed E-state index contributed by atoms with van der Waals surface area (Å²) in [5, 5.41) is 10.0. The topological polar surface area (TPSA) is 47.7 Å². The third kappa shape index (κ3) is 3.22. The van der Waals surface area contributed by atoms with Crippen LogP contribution in [0.25, 0.3) is 0 Å². The van der Waals surface area contributed by atoms with Crippen LogP contribution >= 0.6 is 11.3 Å². The molecule has 0 bridgehead atoms. The van der Waals surface area contributed by atoms with Crippen LogP contribution in [0.15, 0.2) is 48.4 Å². The lowest BCUT2D eigenvalue weighted by Gasteiger charge is -2.22. The van der Waals surface area contributed by atoms with E-state index in [1.54, 1.807) is 11.3 Å². The first kappa shape index (κ1) is 14.0. The fraction of sp³-hybridized carbons (Fsp3) is 0.333. The second-order valence-electron chi connectivity index (χ2n) is 5.14. The average Bonchev–Trinajstić information content (AvgIpc) is 3.18. The fourth-order valence-electron chi connectivity index (χ4n) is 2.42. The molecule has 2 unspecified atom stereocenters. The number of aryl methyl sites for hydroxylation is 1. The van der Waals surface area contributed by atoms with Crippen LogP contribution in [-0.2, 0) is 13.6 Å². The van der Waals surface area contributed by atoms with E-state index in [2.05, 4.69) is 44.4 Å². The lowest BCUT2D eigenvalue weighted by atomic mass is 10.2. The highest BCUT2D eigenvalue weighted by Gasteiger charge is 2.21. The van der Waals surface area contributed by atoms with Crippen molar-refractivity contribution in [3.05, 3.63) is 59.1 Å². The number of aromatic nitrogens is 4. The highest BCUT2D eigenvalue weighted by Crippen LogP contribution is 2.25. The Morgan fingerprint density at radius 1 is 1.29 bits per heavy atom. The molecule has 0 aromatic carbocycles. The Morgan fingerprint density at radius 3 is 2.81 bits per heavy atom. The van der Waals surface area contributed by atoms with E-state index >= 15 is 0 Å². The Kier molecular flexibility index (Phi) is 4.17. The van der Waals surface area contributed by atoms with Gasteiger partial charge in [0.1, 0.15) is 11.9 Å². The zero-order valence-corrected chi connectivity index (χ0v) is 13.0. The average molecular weight is 301 g/mol. The van der Waals surface area contributed by atoms with E-state index in [1.807, 2.05) is 42.6 Å². The van der Waals surface area contributed by atoms with E-state index in [4.69, 9.17) is 0 Å². The molecular formula is C15H19N5S. The maximum atomic E-state index is 4.51. The molecule has 0 saturated heterocycles. The van der Waals surface area contributed by atoms with E-state index in [0.29, 0.717) is 0 Å². The second-order valence-corrected chi connectivity index (χ2v) is 6.12. The third-order valence-corrected chi connectivity index (χ3v) is 4.35. The lowest BCUT2D eigenvalue weighted by Crippen LogP contribution is -2.35. The number of hydrogen-bond donors (Lipinski definition) is 1. The summed E-state index contributed by atoms with van der Waals surface area (Å²) >= 11 is 1.75. The summed E-state index contributed by atoms with van der Waals surface area (Å²) in [5.41, 5.74) is 0. The number of nitrogens with one attached hydrogen (secondary N) is 1. The summed E-state index contributed by atoms with van der Waals surface area (Å²) < 4.78 is 4.01. The van der Waals surface area contributed by atoms with Crippen molar-refractivity contribution in [3.63, 3.8) is 0 Å². The summed E-state index contributed by atoms with van der Waals surface area (Å²) in [6.07, 6.45) is 7.62. The molecule has 0 aliphatic heterocycles. The SMILES string of the molecule is CC(Cn1cccn1)NC(c1cccs1)c1nccn1C. The highest BCUT2D eigenvalue weighted by molar-refractivity contribution is 7.10. The number of nitrogens with zero attached hydrogens (tertiary/aromatic N) is 4. The van der Waals surface area contributed by atoms with Gasteiger partial charge in [-0.3, -0.25) is 10.00 Å². The van der Waals surface area contributed by atoms with E-state index in [-0.39, 0.29) is 12.1 Å². The number of rotatable bonds is 6. The maximum Gasteiger partial charge on any atom is 0.131 e. The van der Waals surface area contributed by atoms with Crippen LogP contribution in [0.4, 0.5) is 0 Å². The lowest BCUT2D eigenvalue weighted by molar-refractivity contribution is 0.415. The fourth-order valence-corrected chi connectivity index (χ4v) is 3.20. The monoisotopic (exact) mass is 301 g/mol.